The predicted octanol–water partition coefficient (Wildman–Crippen LogP) is 2.84. The van der Waals surface area contributed by atoms with Gasteiger partial charge < -0.3 is 19.5 Å². The van der Waals surface area contributed by atoms with Gasteiger partial charge in [-0.15, -0.1) is 0 Å². The van der Waals surface area contributed by atoms with Gasteiger partial charge in [-0.2, -0.15) is 0 Å². The van der Waals surface area contributed by atoms with Gasteiger partial charge in [0.2, 0.25) is 0 Å². The van der Waals surface area contributed by atoms with Gasteiger partial charge in [-0.25, -0.2) is 14.8 Å². The molecule has 0 unspecified atom stereocenters. The Morgan fingerprint density at radius 3 is 3.07 bits per heavy atom. The molecule has 7 heteroatoms. The molecular formula is C21H31N5O2. The summed E-state index contributed by atoms with van der Waals surface area (Å²) in [5.74, 6) is 2.06. The van der Waals surface area contributed by atoms with Gasteiger partial charge in [0, 0.05) is 45.4 Å². The molecule has 0 spiro atoms. The fourth-order valence-corrected chi connectivity index (χ4v) is 4.28. The number of hydrogen-bond donors (Lipinski definition) is 1. The largest absolute Gasteiger partial charge is 0.376 e. The van der Waals surface area contributed by atoms with Gasteiger partial charge >= 0.3 is 6.03 Å². The van der Waals surface area contributed by atoms with Crippen LogP contribution in [0.1, 0.15) is 38.9 Å². The van der Waals surface area contributed by atoms with Gasteiger partial charge in [-0.05, 0) is 43.2 Å². The zero-order valence-electron chi connectivity index (χ0n) is 16.9. The summed E-state index contributed by atoms with van der Waals surface area (Å²) in [6.07, 6.45) is 6.07. The zero-order chi connectivity index (χ0) is 19.5. The van der Waals surface area contributed by atoms with Crippen LogP contribution in [0.3, 0.4) is 0 Å². The lowest BCUT2D eigenvalue weighted by Gasteiger charge is -2.19. The van der Waals surface area contributed by atoms with Crippen LogP contribution in [0.25, 0.3) is 11.2 Å². The Morgan fingerprint density at radius 2 is 2.29 bits per heavy atom. The lowest BCUT2D eigenvalue weighted by atomic mass is 10.0. The smallest absolute Gasteiger partial charge is 0.317 e. The maximum Gasteiger partial charge on any atom is 0.317 e. The van der Waals surface area contributed by atoms with E-state index in [0.717, 1.165) is 68.9 Å². The summed E-state index contributed by atoms with van der Waals surface area (Å²) in [5, 5.41) is 3.04. The Hall–Kier alpha value is -2.15. The third-order valence-corrected chi connectivity index (χ3v) is 5.68. The van der Waals surface area contributed by atoms with Gasteiger partial charge in [0.1, 0.15) is 11.3 Å². The van der Waals surface area contributed by atoms with Crippen LogP contribution in [0.2, 0.25) is 0 Å². The van der Waals surface area contributed by atoms with E-state index in [0.29, 0.717) is 18.4 Å². The van der Waals surface area contributed by atoms with Crippen LogP contribution in [-0.4, -0.2) is 57.8 Å². The highest BCUT2D eigenvalue weighted by atomic mass is 16.5. The minimum absolute atomic E-state index is 0.0374. The molecule has 2 saturated heterocycles. The molecule has 2 aromatic rings. The number of nitrogens with zero attached hydrogens (tertiary/aromatic N) is 4. The van der Waals surface area contributed by atoms with Crippen molar-refractivity contribution in [3.05, 3.63) is 24.2 Å². The minimum atomic E-state index is 0.0374. The average molecular weight is 386 g/mol. The van der Waals surface area contributed by atoms with E-state index in [1.807, 2.05) is 23.2 Å². The number of ether oxygens (including phenoxy) is 1. The second kappa shape index (κ2) is 8.47. The molecule has 28 heavy (non-hydrogen) atoms. The molecule has 0 bridgehead atoms. The molecule has 2 aliphatic heterocycles. The molecule has 152 valence electrons. The molecule has 1 N–H and O–H groups in total. The van der Waals surface area contributed by atoms with Crippen LogP contribution in [0.15, 0.2) is 18.3 Å². The fourth-order valence-electron chi connectivity index (χ4n) is 4.28. The molecule has 0 radical (unpaired) electrons. The molecular weight excluding hydrogens is 354 g/mol. The van der Waals surface area contributed by atoms with E-state index in [9.17, 15) is 4.79 Å². The number of hydrogen-bond acceptors (Lipinski definition) is 4. The quantitative estimate of drug-likeness (QED) is 0.830. The molecule has 2 atom stereocenters. The number of fused-ring (bicyclic) bond motifs is 1. The summed E-state index contributed by atoms with van der Waals surface area (Å²) in [5.41, 5.74) is 1.93. The molecule has 2 amide bonds. The summed E-state index contributed by atoms with van der Waals surface area (Å²) in [4.78, 5) is 23.8. The monoisotopic (exact) mass is 385 g/mol. The number of carbonyl (C=O) groups is 1. The van der Waals surface area contributed by atoms with Crippen molar-refractivity contribution in [2.75, 3.05) is 26.2 Å². The molecule has 0 aromatic carbocycles. The van der Waals surface area contributed by atoms with Crippen molar-refractivity contribution >= 4 is 17.2 Å². The van der Waals surface area contributed by atoms with E-state index in [-0.39, 0.29) is 12.1 Å². The Kier molecular flexibility index (Phi) is 5.80. The van der Waals surface area contributed by atoms with Crippen LogP contribution in [0.4, 0.5) is 4.79 Å². The number of amides is 2. The average Bonchev–Trinajstić information content (AvgIpc) is 3.41. The SMILES string of the molecule is CC(C)Cn1c(C[C@@H]2CCN(C(=O)NC[C@@H]3CCCO3)C2)nc2cccnc21. The molecule has 0 saturated carbocycles. The highest BCUT2D eigenvalue weighted by molar-refractivity contribution is 5.74. The number of urea groups is 1. The predicted molar refractivity (Wildman–Crippen MR) is 108 cm³/mol. The number of rotatable bonds is 6. The van der Waals surface area contributed by atoms with E-state index in [2.05, 4.69) is 28.7 Å². The highest BCUT2D eigenvalue weighted by Crippen LogP contribution is 2.24. The first-order valence-electron chi connectivity index (χ1n) is 10.5. The van der Waals surface area contributed by atoms with Gasteiger partial charge in [-0.3, -0.25) is 0 Å². The summed E-state index contributed by atoms with van der Waals surface area (Å²) in [7, 11) is 0. The van der Waals surface area contributed by atoms with E-state index >= 15 is 0 Å². The van der Waals surface area contributed by atoms with Crippen LogP contribution >= 0.6 is 0 Å². The van der Waals surface area contributed by atoms with Crippen molar-refractivity contribution in [2.45, 2.75) is 52.2 Å². The number of imidazole rings is 1. The van der Waals surface area contributed by atoms with Crippen molar-refractivity contribution in [1.29, 1.82) is 0 Å². The molecule has 2 aromatic heterocycles. The second-order valence-electron chi connectivity index (χ2n) is 8.50. The Bertz CT molecular complexity index is 812. The van der Waals surface area contributed by atoms with Crippen molar-refractivity contribution in [3.63, 3.8) is 0 Å². The third kappa shape index (κ3) is 4.29. The molecule has 4 rings (SSSR count). The zero-order valence-corrected chi connectivity index (χ0v) is 16.9. The highest BCUT2D eigenvalue weighted by Gasteiger charge is 2.28. The van der Waals surface area contributed by atoms with Crippen molar-refractivity contribution in [2.24, 2.45) is 11.8 Å². The molecule has 7 nitrogen and oxygen atoms in total. The summed E-state index contributed by atoms with van der Waals surface area (Å²) >= 11 is 0. The molecule has 2 fully saturated rings. The lowest BCUT2D eigenvalue weighted by molar-refractivity contribution is 0.109. The van der Waals surface area contributed by atoms with Crippen LogP contribution in [0, 0.1) is 11.8 Å². The normalized spacial score (nSPS) is 22.5. The van der Waals surface area contributed by atoms with E-state index in [1.165, 1.54) is 0 Å². The first-order valence-corrected chi connectivity index (χ1v) is 10.5. The van der Waals surface area contributed by atoms with Gasteiger partial charge in [-0.1, -0.05) is 13.8 Å². The summed E-state index contributed by atoms with van der Waals surface area (Å²) in [6, 6.07) is 4.01. The van der Waals surface area contributed by atoms with Crippen molar-refractivity contribution in [1.82, 2.24) is 24.8 Å². The topological polar surface area (TPSA) is 72.3 Å². The first-order chi connectivity index (χ1) is 13.6. The summed E-state index contributed by atoms with van der Waals surface area (Å²) < 4.78 is 7.85. The van der Waals surface area contributed by atoms with Crippen LogP contribution in [-0.2, 0) is 17.7 Å². The van der Waals surface area contributed by atoms with Gasteiger partial charge in [0.05, 0.1) is 6.10 Å². The minimum Gasteiger partial charge on any atom is -0.376 e. The maximum atomic E-state index is 12.5. The number of nitrogens with one attached hydrogen (secondary N) is 1. The van der Waals surface area contributed by atoms with Crippen LogP contribution < -0.4 is 5.32 Å². The molecule has 4 heterocycles. The standard InChI is InChI=1S/C21H31N5O2/c1-15(2)13-26-19(24-18-6-3-8-22-20(18)26)11-16-7-9-25(14-16)21(27)23-12-17-5-4-10-28-17/h3,6,8,15-17H,4-5,7,9-14H2,1-2H3,(H,23,27)/t16-,17-/m0/s1. The number of pyridine rings is 1. The second-order valence-corrected chi connectivity index (χ2v) is 8.50. The van der Waals surface area contributed by atoms with E-state index in [1.54, 1.807) is 0 Å². The molecule has 0 aliphatic carbocycles. The van der Waals surface area contributed by atoms with Crippen molar-refractivity contribution < 1.29 is 9.53 Å². The number of carbonyl (C=O) groups excluding carboxylic acids is 1. The summed E-state index contributed by atoms with van der Waals surface area (Å²) in [6.45, 7) is 8.39. The number of aromatic nitrogens is 3. The number of likely N-dealkylation sites (tertiary alicyclic amines) is 1. The Labute approximate surface area is 166 Å². The van der Waals surface area contributed by atoms with Gasteiger partial charge in [0.15, 0.2) is 5.65 Å². The lowest BCUT2D eigenvalue weighted by Crippen LogP contribution is -2.41. The fraction of sp³-hybridized carbons (Fsp3) is 0.667. The van der Waals surface area contributed by atoms with E-state index < -0.39 is 0 Å². The maximum absolute atomic E-state index is 12.5. The first kappa shape index (κ1) is 19.2. The van der Waals surface area contributed by atoms with Gasteiger partial charge in [0.25, 0.3) is 0 Å². The Balaban J connectivity index is 1.37. The van der Waals surface area contributed by atoms with E-state index in [4.69, 9.17) is 9.72 Å². The van der Waals surface area contributed by atoms with Crippen molar-refractivity contribution in [3.8, 4) is 0 Å². The Morgan fingerprint density at radius 1 is 1.39 bits per heavy atom. The third-order valence-electron chi connectivity index (χ3n) is 5.68. The molecule has 2 aliphatic rings. The van der Waals surface area contributed by atoms with Crippen LogP contribution in [0.5, 0.6) is 0 Å².